The van der Waals surface area contributed by atoms with Gasteiger partial charge in [-0.15, -0.1) is 0 Å². The molecule has 0 bridgehead atoms. The van der Waals surface area contributed by atoms with Crippen molar-refractivity contribution in [3.63, 3.8) is 0 Å². The highest BCUT2D eigenvalue weighted by Crippen LogP contribution is 2.35. The molecule has 7 heavy (non-hydrogen) atoms. The Labute approximate surface area is 60.8 Å². The zero-order valence-electron chi connectivity index (χ0n) is 3.40. The second kappa shape index (κ2) is 2.29. The van der Waals surface area contributed by atoms with Gasteiger partial charge in [0.15, 0.2) is 5.38 Å². The van der Waals surface area contributed by atoms with Gasteiger partial charge < -0.3 is 0 Å². The summed E-state index contributed by atoms with van der Waals surface area (Å²) in [5.41, 5.74) is 0. The Hall–Kier alpha value is 0.660. The van der Waals surface area contributed by atoms with Crippen LogP contribution in [0.5, 0.6) is 0 Å². The molecular formula is C4H3Br2S+. The van der Waals surface area contributed by atoms with Gasteiger partial charge in [-0.05, 0) is 6.07 Å². The molecule has 0 amide bonds. The van der Waals surface area contributed by atoms with Crippen molar-refractivity contribution in [2.45, 2.75) is 0 Å². The summed E-state index contributed by atoms with van der Waals surface area (Å²) < 4.78 is 1.23. The van der Waals surface area contributed by atoms with E-state index < -0.39 is 0 Å². The highest BCUT2D eigenvalue weighted by atomic mass is 79.9. The van der Waals surface area contributed by atoms with Crippen LogP contribution in [0, 0.1) is 0 Å². The van der Waals surface area contributed by atoms with Gasteiger partial charge in [-0.1, -0.05) is 0 Å². The molecule has 0 aromatic carbocycles. The third kappa shape index (κ3) is 1.27. The summed E-state index contributed by atoms with van der Waals surface area (Å²) in [5, 5.41) is 2.10. The first kappa shape index (κ1) is 5.79. The Morgan fingerprint density at radius 1 is 1.57 bits per heavy atom. The van der Waals surface area contributed by atoms with E-state index in [1.807, 2.05) is 12.1 Å². The molecule has 3 heteroatoms. The van der Waals surface area contributed by atoms with Gasteiger partial charge in [0, 0.05) is 22.0 Å². The minimum Gasteiger partial charge on any atom is -0.00294 e. The van der Waals surface area contributed by atoms with Crippen LogP contribution in [0.4, 0.5) is 0 Å². The van der Waals surface area contributed by atoms with Crippen LogP contribution >= 0.6 is 39.6 Å². The monoisotopic (exact) mass is 241 g/mol. The fraction of sp³-hybridized carbons (Fsp3) is 0. The lowest BCUT2D eigenvalue weighted by Crippen LogP contribution is -1.35. The molecule has 1 rings (SSSR count). The highest BCUT2D eigenvalue weighted by Gasteiger charge is 2.02. The zero-order chi connectivity index (χ0) is 5.28. The van der Waals surface area contributed by atoms with Crippen molar-refractivity contribution >= 4 is 39.6 Å². The van der Waals surface area contributed by atoms with Crippen LogP contribution in [-0.2, 0) is 0 Å². The molecular weight excluding hydrogens is 240 g/mol. The maximum atomic E-state index is 3.43. The molecule has 1 heterocycles. The minimum absolute atomic E-state index is 0.192. The summed E-state index contributed by atoms with van der Waals surface area (Å²) in [6.07, 6.45) is 0. The van der Waals surface area contributed by atoms with Crippen molar-refractivity contribution in [3.05, 3.63) is 21.3 Å². The fourth-order valence-electron chi connectivity index (χ4n) is 0.314. The lowest BCUT2D eigenvalue weighted by Gasteiger charge is -1.63. The molecule has 1 unspecified atom stereocenters. The van der Waals surface area contributed by atoms with Crippen molar-refractivity contribution in [2.75, 3.05) is 0 Å². The SMILES string of the molecule is Brc1ccc[s+]1Br. The summed E-state index contributed by atoms with van der Waals surface area (Å²) in [6.45, 7) is 0. The first-order chi connectivity index (χ1) is 3.30. The first-order valence-electron chi connectivity index (χ1n) is 1.74. The van der Waals surface area contributed by atoms with Crippen molar-refractivity contribution < 1.29 is 0 Å². The Bertz CT molecular complexity index is 142. The molecule has 0 aliphatic rings. The average molecular weight is 243 g/mol. The smallest absolute Gasteiger partial charge is 0.00294 e. The summed E-state index contributed by atoms with van der Waals surface area (Å²) >= 11 is 6.80. The van der Waals surface area contributed by atoms with Gasteiger partial charge in [-0.25, -0.2) is 0 Å². The number of halogens is 2. The van der Waals surface area contributed by atoms with E-state index in [2.05, 4.69) is 36.1 Å². The van der Waals surface area contributed by atoms with Crippen LogP contribution in [0.15, 0.2) is 21.3 Å². The highest BCUT2D eigenvalue weighted by molar-refractivity contribution is 9.35. The third-order valence-corrected chi connectivity index (χ3v) is 5.82. The molecule has 0 saturated carbocycles. The van der Waals surface area contributed by atoms with E-state index >= 15 is 0 Å². The molecule has 0 nitrogen and oxygen atoms in total. The van der Waals surface area contributed by atoms with Crippen LogP contribution < -0.4 is 0 Å². The van der Waals surface area contributed by atoms with Crippen LogP contribution in [0.3, 0.4) is 0 Å². The number of thiophene rings is 1. The number of rotatable bonds is 0. The van der Waals surface area contributed by atoms with Crippen LogP contribution in [0.2, 0.25) is 0 Å². The summed E-state index contributed by atoms with van der Waals surface area (Å²) in [7, 11) is 0.192. The Balaban J connectivity index is 3.12. The predicted molar refractivity (Wildman–Crippen MR) is 40.9 cm³/mol. The standard InChI is InChI=1S/C4H3Br2S/c5-4-2-1-3-7(4)6/h1-3H/q+1. The summed E-state index contributed by atoms with van der Waals surface area (Å²) in [5.74, 6) is 0. The molecule has 1 aromatic heterocycles. The first-order valence-corrected chi connectivity index (χ1v) is 5.66. The van der Waals surface area contributed by atoms with E-state index in [1.54, 1.807) is 0 Å². The van der Waals surface area contributed by atoms with Gasteiger partial charge >= 0.3 is 0 Å². The van der Waals surface area contributed by atoms with E-state index in [0.29, 0.717) is 0 Å². The van der Waals surface area contributed by atoms with Crippen LogP contribution in [0.25, 0.3) is 0 Å². The minimum atomic E-state index is 0.192. The molecule has 0 fully saturated rings. The second-order valence-electron chi connectivity index (χ2n) is 1.08. The van der Waals surface area contributed by atoms with E-state index in [4.69, 9.17) is 0 Å². The molecule has 38 valence electrons. The Morgan fingerprint density at radius 2 is 2.29 bits per heavy atom. The fourth-order valence-corrected chi connectivity index (χ4v) is 2.04. The quantitative estimate of drug-likeness (QED) is 0.613. The number of hydrogen-bond donors (Lipinski definition) is 0. The Kier molecular flexibility index (Phi) is 1.89. The van der Waals surface area contributed by atoms with Crippen molar-refractivity contribution in [1.82, 2.24) is 0 Å². The van der Waals surface area contributed by atoms with Crippen LogP contribution in [0.1, 0.15) is 0 Å². The van der Waals surface area contributed by atoms with Gasteiger partial charge in [0.05, 0.1) is 8.90 Å². The van der Waals surface area contributed by atoms with Gasteiger partial charge in [-0.2, -0.15) is 0 Å². The maximum Gasteiger partial charge on any atom is 0.269 e. The average Bonchev–Trinajstić information content (AvgIpc) is 1.91. The molecule has 1 aromatic rings. The molecule has 0 spiro atoms. The van der Waals surface area contributed by atoms with E-state index in [9.17, 15) is 0 Å². The van der Waals surface area contributed by atoms with Gasteiger partial charge in [0.1, 0.15) is 0 Å². The number of hydrogen-bond acceptors (Lipinski definition) is 0. The van der Waals surface area contributed by atoms with E-state index in [1.165, 1.54) is 3.79 Å². The van der Waals surface area contributed by atoms with Gasteiger partial charge in [0.2, 0.25) is 3.79 Å². The maximum absolute atomic E-state index is 3.43. The Morgan fingerprint density at radius 3 is 2.43 bits per heavy atom. The molecule has 0 radical (unpaired) electrons. The largest absolute Gasteiger partial charge is 0.269 e. The van der Waals surface area contributed by atoms with Crippen molar-refractivity contribution in [1.29, 1.82) is 0 Å². The lowest BCUT2D eigenvalue weighted by atomic mass is 10.7. The van der Waals surface area contributed by atoms with Crippen molar-refractivity contribution in [2.24, 2.45) is 0 Å². The third-order valence-electron chi connectivity index (χ3n) is 0.612. The zero-order valence-corrected chi connectivity index (χ0v) is 7.38. The normalized spacial score (nSPS) is 12.0. The molecule has 0 saturated heterocycles. The summed E-state index contributed by atoms with van der Waals surface area (Å²) in [6, 6.07) is 4.07. The van der Waals surface area contributed by atoms with Crippen molar-refractivity contribution in [3.8, 4) is 0 Å². The molecule has 0 aliphatic heterocycles. The lowest BCUT2D eigenvalue weighted by molar-refractivity contribution is 1.97. The molecule has 0 aliphatic carbocycles. The van der Waals surface area contributed by atoms with E-state index in [0.717, 1.165) is 0 Å². The predicted octanol–water partition coefficient (Wildman–Crippen LogP) is 3.36. The van der Waals surface area contributed by atoms with Crippen LogP contribution in [-0.4, -0.2) is 0 Å². The van der Waals surface area contributed by atoms with Gasteiger partial charge in [-0.3, -0.25) is 0 Å². The summed E-state index contributed by atoms with van der Waals surface area (Å²) in [4.78, 5) is 0. The van der Waals surface area contributed by atoms with E-state index in [-0.39, 0.29) is 8.90 Å². The van der Waals surface area contributed by atoms with Gasteiger partial charge in [0.25, 0.3) is 14.8 Å². The molecule has 0 N–H and O–H groups in total. The topological polar surface area (TPSA) is 0 Å². The molecule has 1 atom stereocenters. The second-order valence-corrected chi connectivity index (χ2v) is 5.84.